The topological polar surface area (TPSA) is 308 Å². The predicted octanol–water partition coefficient (Wildman–Crippen LogP) is 20.6. The zero-order valence-corrected chi connectivity index (χ0v) is 74.4. The van der Waals surface area contributed by atoms with Gasteiger partial charge in [0, 0.05) is 75.1 Å². The van der Waals surface area contributed by atoms with Gasteiger partial charge in [0.05, 0.1) is 22.3 Å². The highest BCUT2D eigenvalue weighted by Gasteiger charge is 2.46. The second-order valence-corrected chi connectivity index (χ2v) is 36.8. The SMILES string of the molecule is CC1(C)CC(N(Cc2ccccc2)Cc2ccccc2)=C(C#N)/C(=C(/C#N)C(=O)OCC(COC(=O)/C(C#N)=C2\CC(C)(C)CC(N(Cc3ccccc3)Cc3ccccc3)=C2C#N)(COC(=O)/C(C#N)=C2\CC(C)(C)CC(N(Cc3ccccc3)Cc3ccccc3)=C2C#N)COC(=O)/C(C#N)=C2\CC(C)(C)CC(N(Cc3ccccc3)Cc3ccccc3)=C2C#N)C1. The van der Waals surface area contributed by atoms with Crippen LogP contribution in [0.15, 0.2) is 332 Å². The summed E-state index contributed by atoms with van der Waals surface area (Å²) in [5.74, 6) is -5.25. The zero-order valence-electron chi connectivity index (χ0n) is 74.4. The maximum Gasteiger partial charge on any atom is 0.349 e. The van der Waals surface area contributed by atoms with Crippen molar-refractivity contribution in [2.24, 2.45) is 27.1 Å². The second kappa shape index (κ2) is 42.1. The molecule has 0 bridgehead atoms. The zero-order chi connectivity index (χ0) is 91.9. The van der Waals surface area contributed by atoms with Crippen LogP contribution in [0.25, 0.3) is 0 Å². The Morgan fingerprint density at radius 2 is 0.403 bits per heavy atom. The molecule has 0 saturated heterocycles. The maximum atomic E-state index is 15.8. The minimum absolute atomic E-state index is 0.0124. The third-order valence-electron chi connectivity index (χ3n) is 23.8. The summed E-state index contributed by atoms with van der Waals surface area (Å²) in [5, 5.41) is 92.6. The molecule has 20 heteroatoms. The largest absolute Gasteiger partial charge is 0.461 e. The van der Waals surface area contributed by atoms with E-state index in [0.717, 1.165) is 44.5 Å². The van der Waals surface area contributed by atoms with Crippen LogP contribution in [0.2, 0.25) is 0 Å². The molecule has 8 aromatic rings. The van der Waals surface area contributed by atoms with Gasteiger partial charge in [-0.3, -0.25) is 0 Å². The molecular formula is C109H104N12O8. The molecular weight excluding hydrogens is 1610 g/mol. The summed E-state index contributed by atoms with van der Waals surface area (Å²) in [6, 6.07) is 95.0. The summed E-state index contributed by atoms with van der Waals surface area (Å²) in [6.07, 6.45) is 1.38. The molecule has 0 heterocycles. The van der Waals surface area contributed by atoms with E-state index >= 15 is 19.2 Å². The van der Waals surface area contributed by atoms with Gasteiger partial charge in [0.25, 0.3) is 0 Å². The lowest BCUT2D eigenvalue weighted by atomic mass is 9.72. The maximum absolute atomic E-state index is 15.8. The van der Waals surface area contributed by atoms with Crippen molar-refractivity contribution >= 4 is 23.9 Å². The second-order valence-electron chi connectivity index (χ2n) is 36.8. The summed E-state index contributed by atoms with van der Waals surface area (Å²) >= 11 is 0. The molecule has 0 aliphatic heterocycles. The Kier molecular flexibility index (Phi) is 30.3. The minimum Gasteiger partial charge on any atom is -0.461 e. The highest BCUT2D eigenvalue weighted by molar-refractivity contribution is 5.97. The van der Waals surface area contributed by atoms with Gasteiger partial charge in [-0.2, -0.15) is 42.1 Å². The lowest BCUT2D eigenvalue weighted by molar-refractivity contribution is -0.165. The van der Waals surface area contributed by atoms with Crippen molar-refractivity contribution in [3.63, 3.8) is 0 Å². The smallest absolute Gasteiger partial charge is 0.349 e. The number of allylic oxidation sites excluding steroid dienone is 12. The number of nitriles is 8. The quantitative estimate of drug-likeness (QED) is 0.0164. The molecule has 8 aromatic carbocycles. The number of rotatable bonds is 32. The van der Waals surface area contributed by atoms with Gasteiger partial charge in [-0.25, -0.2) is 19.2 Å². The van der Waals surface area contributed by atoms with Gasteiger partial charge in [-0.1, -0.05) is 298 Å². The molecule has 4 aliphatic carbocycles. The highest BCUT2D eigenvalue weighted by Crippen LogP contribution is 2.50. The summed E-state index contributed by atoms with van der Waals surface area (Å²) in [7, 11) is 0. The Balaban J connectivity index is 1.03. The minimum atomic E-state index is -2.41. The van der Waals surface area contributed by atoms with Crippen LogP contribution in [0.1, 0.15) is 151 Å². The van der Waals surface area contributed by atoms with E-state index in [4.69, 9.17) is 18.9 Å². The van der Waals surface area contributed by atoms with E-state index in [1.807, 2.05) is 298 Å². The normalized spacial score (nSPS) is 17.1. The molecule has 0 fully saturated rings. The molecule has 0 saturated carbocycles. The van der Waals surface area contributed by atoms with Crippen LogP contribution >= 0.6 is 0 Å². The van der Waals surface area contributed by atoms with Crippen LogP contribution in [-0.4, -0.2) is 69.9 Å². The number of benzene rings is 8. The standard InChI is InChI=1S/C109H104N12O8/c1-105(2)49-85(89(57-110)97(53-105)118(65-77-33-17-9-18-34-77)66-78-35-19-10-20-36-78)93(61-114)101(122)126-73-109(74-127-102(123)94(62-115)86-50-106(3,4)54-98(90(86)58-111)119(67-79-37-21-11-22-38-79)68-80-39-23-12-24-40-80,75-128-103(124)95(63-116)87-51-107(5,6)55-99(91(87)59-112)120(69-81-41-25-13-26-42-81)70-82-43-27-14-28-44-82)76-129-104(125)96(64-117)88-52-108(7,8)56-100(92(88)60-113)121(71-83-45-29-15-30-46-83)72-84-47-31-16-32-48-84/h9-48H,49-56,65-76H2,1-8H3/b93-85-,94-86+,95-87+,96-88+. The average molecular weight is 1710 g/mol. The molecule has 4 aliphatic rings. The van der Waals surface area contributed by atoms with Crippen molar-refractivity contribution in [3.05, 3.63) is 377 Å². The molecule has 20 nitrogen and oxygen atoms in total. The molecule has 0 amide bonds. The van der Waals surface area contributed by atoms with Gasteiger partial charge in [0.1, 0.15) is 103 Å². The number of ether oxygens (including phenoxy) is 4. The van der Waals surface area contributed by atoms with Gasteiger partial charge < -0.3 is 38.5 Å². The van der Waals surface area contributed by atoms with Crippen molar-refractivity contribution in [1.29, 1.82) is 42.1 Å². The fraction of sp³-hybridized carbons (Fsp3) is 0.303. The molecule has 0 radical (unpaired) electrons. The number of hydrogen-bond acceptors (Lipinski definition) is 20. The van der Waals surface area contributed by atoms with Crippen molar-refractivity contribution in [1.82, 2.24) is 19.6 Å². The lowest BCUT2D eigenvalue weighted by Crippen LogP contribution is -2.44. The number of esters is 4. The fourth-order valence-electron chi connectivity index (χ4n) is 17.6. The molecule has 0 unspecified atom stereocenters. The van der Waals surface area contributed by atoms with Crippen LogP contribution in [0, 0.1) is 118 Å². The molecule has 129 heavy (non-hydrogen) atoms. The number of nitrogens with zero attached hydrogens (tertiary/aromatic N) is 12. The average Bonchev–Trinajstić information content (AvgIpc) is 0.783. The van der Waals surface area contributed by atoms with E-state index in [1.165, 1.54) is 0 Å². The van der Waals surface area contributed by atoms with E-state index < -0.39 is 99.7 Å². The lowest BCUT2D eigenvalue weighted by Gasteiger charge is -2.39. The predicted molar refractivity (Wildman–Crippen MR) is 488 cm³/mol. The summed E-state index contributed by atoms with van der Waals surface area (Å²) in [5.41, 5.74) is 2.11. The van der Waals surface area contributed by atoms with Crippen molar-refractivity contribution in [2.45, 2.75) is 159 Å². The molecule has 648 valence electrons. The van der Waals surface area contributed by atoms with Gasteiger partial charge in [-0.05, 0) is 140 Å². The molecule has 12 rings (SSSR count). The Morgan fingerprint density at radius 1 is 0.256 bits per heavy atom. The van der Waals surface area contributed by atoms with Crippen LogP contribution < -0.4 is 0 Å². The van der Waals surface area contributed by atoms with Crippen LogP contribution in [0.3, 0.4) is 0 Å². The van der Waals surface area contributed by atoms with Crippen LogP contribution in [0.4, 0.5) is 0 Å². The van der Waals surface area contributed by atoms with Gasteiger partial charge >= 0.3 is 23.9 Å². The Labute approximate surface area is 757 Å². The molecule has 0 N–H and O–H groups in total. The third kappa shape index (κ3) is 23.8. The Morgan fingerprint density at radius 3 is 0.535 bits per heavy atom. The van der Waals surface area contributed by atoms with E-state index in [0.29, 0.717) is 101 Å². The van der Waals surface area contributed by atoms with E-state index in [9.17, 15) is 42.1 Å². The van der Waals surface area contributed by atoms with Crippen molar-refractivity contribution in [2.75, 3.05) is 26.4 Å². The Hall–Kier alpha value is -15.3. The van der Waals surface area contributed by atoms with E-state index in [1.54, 1.807) is 0 Å². The Bertz CT molecular complexity index is 5210. The first kappa shape index (κ1) is 92.9. The van der Waals surface area contributed by atoms with Crippen LogP contribution in [0.5, 0.6) is 0 Å². The fourth-order valence-corrected chi connectivity index (χ4v) is 17.6. The number of carbonyl (C=O) groups excluding carboxylic acids is 4. The summed E-state index contributed by atoms with van der Waals surface area (Å²) in [4.78, 5) is 71.6. The number of carbonyl (C=O) groups is 4. The molecule has 0 atom stereocenters. The van der Waals surface area contributed by atoms with Gasteiger partial charge in [-0.15, -0.1) is 0 Å². The first-order valence-corrected chi connectivity index (χ1v) is 43.2. The first-order valence-electron chi connectivity index (χ1n) is 43.2. The highest BCUT2D eigenvalue weighted by atomic mass is 16.6. The van der Waals surface area contributed by atoms with Crippen LogP contribution in [-0.2, 0) is 90.5 Å². The summed E-state index contributed by atoms with van der Waals surface area (Å²) < 4.78 is 25.7. The van der Waals surface area contributed by atoms with Crippen molar-refractivity contribution < 1.29 is 38.1 Å². The number of hydrogen-bond donors (Lipinski definition) is 0. The summed E-state index contributed by atoms with van der Waals surface area (Å²) in [6.45, 7) is 13.8. The molecule has 0 spiro atoms. The van der Waals surface area contributed by atoms with Crippen molar-refractivity contribution in [3.8, 4) is 48.6 Å². The van der Waals surface area contributed by atoms with Gasteiger partial charge in [0.15, 0.2) is 0 Å². The molecule has 0 aromatic heterocycles. The monoisotopic (exact) mass is 1710 g/mol. The van der Waals surface area contributed by atoms with E-state index in [-0.39, 0.29) is 70.3 Å². The third-order valence-corrected chi connectivity index (χ3v) is 23.8. The van der Waals surface area contributed by atoms with Gasteiger partial charge in [0.2, 0.25) is 0 Å². The first-order chi connectivity index (χ1) is 62.1. The van der Waals surface area contributed by atoms with E-state index in [2.05, 4.69) is 68.2 Å².